The molecular weight excluding hydrogens is 186 g/mol. The summed E-state index contributed by atoms with van der Waals surface area (Å²) in [5.74, 6) is 0. The minimum absolute atomic E-state index is 0.652. The number of hydrogen-bond donors (Lipinski definition) is 1. The minimum atomic E-state index is 0.652. The van der Waals surface area contributed by atoms with Crippen LogP contribution in [0.25, 0.3) is 0 Å². The van der Waals surface area contributed by atoms with Gasteiger partial charge in [-0.25, -0.2) is 4.98 Å². The molecule has 0 saturated heterocycles. The average molecular weight is 195 g/mol. The fraction of sp³-hybridized carbons (Fsp3) is 0.250. The summed E-state index contributed by atoms with van der Waals surface area (Å²) in [7, 11) is 0. The molecule has 0 aliphatic heterocycles. The van der Waals surface area contributed by atoms with Crippen molar-refractivity contribution in [3.63, 3.8) is 0 Å². The third-order valence-corrected chi connectivity index (χ3v) is 2.07. The summed E-state index contributed by atoms with van der Waals surface area (Å²) in [6.45, 7) is 2.62. The molecule has 0 saturated carbocycles. The zero-order valence-corrected chi connectivity index (χ0v) is 7.97. The molecule has 0 fully saturated rings. The summed E-state index contributed by atoms with van der Waals surface area (Å²) in [5, 5.41) is 0. The number of hydrogen-bond acceptors (Lipinski definition) is 3. The van der Waals surface area contributed by atoms with Gasteiger partial charge in [-0.2, -0.15) is 0 Å². The molecule has 1 N–H and O–H groups in total. The van der Waals surface area contributed by atoms with Crippen LogP contribution < -0.4 is 0 Å². The first kappa shape index (κ1) is 8.25. The van der Waals surface area contributed by atoms with Gasteiger partial charge in [0.2, 0.25) is 0 Å². The molecule has 2 aromatic heterocycles. The van der Waals surface area contributed by atoms with Crippen molar-refractivity contribution in [1.29, 1.82) is 0 Å². The number of aromatic amines is 1. The van der Waals surface area contributed by atoms with E-state index < -0.39 is 0 Å². The SMILES string of the molecule is Cc1cn(Cc2cocn2)c(=S)[nH]1. The Labute approximate surface area is 80.2 Å². The maximum Gasteiger partial charge on any atom is 0.180 e. The van der Waals surface area contributed by atoms with Gasteiger partial charge >= 0.3 is 0 Å². The standard InChI is InChI=1S/C8H9N3OS/c1-6-2-11(8(13)10-6)3-7-4-12-5-9-7/h2,4-5H,3H2,1H3,(H,10,13). The number of rotatable bonds is 2. The van der Waals surface area contributed by atoms with E-state index in [0.717, 1.165) is 11.4 Å². The summed E-state index contributed by atoms with van der Waals surface area (Å²) in [6.07, 6.45) is 4.99. The molecule has 0 unspecified atom stereocenters. The van der Waals surface area contributed by atoms with Crippen molar-refractivity contribution in [1.82, 2.24) is 14.5 Å². The molecule has 4 nitrogen and oxygen atoms in total. The topological polar surface area (TPSA) is 46.8 Å². The van der Waals surface area contributed by atoms with E-state index in [1.165, 1.54) is 6.39 Å². The van der Waals surface area contributed by atoms with Gasteiger partial charge in [0.1, 0.15) is 6.26 Å². The molecule has 0 atom stereocenters. The number of nitrogens with zero attached hydrogens (tertiary/aromatic N) is 2. The van der Waals surface area contributed by atoms with E-state index in [2.05, 4.69) is 9.97 Å². The molecule has 5 heteroatoms. The molecule has 68 valence electrons. The third kappa shape index (κ3) is 1.70. The van der Waals surface area contributed by atoms with Crippen molar-refractivity contribution in [2.45, 2.75) is 13.5 Å². The third-order valence-electron chi connectivity index (χ3n) is 1.73. The first-order chi connectivity index (χ1) is 6.25. The highest BCUT2D eigenvalue weighted by atomic mass is 32.1. The molecule has 0 aliphatic carbocycles. The van der Waals surface area contributed by atoms with E-state index in [4.69, 9.17) is 16.6 Å². The van der Waals surface area contributed by atoms with E-state index >= 15 is 0 Å². The molecule has 0 bridgehead atoms. The molecule has 0 radical (unpaired) electrons. The number of oxazole rings is 1. The van der Waals surface area contributed by atoms with Crippen molar-refractivity contribution in [3.05, 3.63) is 35.0 Å². The van der Waals surface area contributed by atoms with Crippen LogP contribution in [0.15, 0.2) is 23.3 Å². The second-order valence-corrected chi connectivity index (χ2v) is 3.24. The normalized spacial score (nSPS) is 10.5. The highest BCUT2D eigenvalue weighted by Gasteiger charge is 1.99. The van der Waals surface area contributed by atoms with E-state index in [0.29, 0.717) is 11.3 Å². The predicted octanol–water partition coefficient (Wildman–Crippen LogP) is 1.89. The summed E-state index contributed by atoms with van der Waals surface area (Å²) in [4.78, 5) is 7.05. The first-order valence-electron chi connectivity index (χ1n) is 3.89. The second-order valence-electron chi connectivity index (χ2n) is 2.85. The lowest BCUT2D eigenvalue weighted by Crippen LogP contribution is -1.97. The minimum Gasteiger partial charge on any atom is -0.451 e. The average Bonchev–Trinajstić information content (AvgIpc) is 2.63. The molecule has 2 rings (SSSR count). The van der Waals surface area contributed by atoms with Crippen LogP contribution >= 0.6 is 12.2 Å². The van der Waals surface area contributed by atoms with E-state index in [9.17, 15) is 0 Å². The number of aromatic nitrogens is 3. The quantitative estimate of drug-likeness (QED) is 0.744. The van der Waals surface area contributed by atoms with Crippen molar-refractivity contribution in [2.75, 3.05) is 0 Å². The monoisotopic (exact) mass is 195 g/mol. The summed E-state index contributed by atoms with van der Waals surface area (Å²) in [6, 6.07) is 0. The Morgan fingerprint density at radius 3 is 3.08 bits per heavy atom. The molecule has 0 spiro atoms. The van der Waals surface area contributed by atoms with Crippen LogP contribution in [0.2, 0.25) is 0 Å². The Balaban J connectivity index is 2.28. The zero-order chi connectivity index (χ0) is 9.26. The summed E-state index contributed by atoms with van der Waals surface area (Å²) in [5.41, 5.74) is 1.92. The second kappa shape index (κ2) is 3.18. The maximum absolute atomic E-state index is 5.09. The number of nitrogens with one attached hydrogen (secondary N) is 1. The highest BCUT2D eigenvalue weighted by molar-refractivity contribution is 7.71. The molecule has 13 heavy (non-hydrogen) atoms. The van der Waals surface area contributed by atoms with Crippen LogP contribution in [0.4, 0.5) is 0 Å². The Bertz CT molecular complexity index is 440. The Hall–Kier alpha value is -1.36. The van der Waals surface area contributed by atoms with Crippen molar-refractivity contribution in [3.8, 4) is 0 Å². The Morgan fingerprint density at radius 1 is 1.69 bits per heavy atom. The lowest BCUT2D eigenvalue weighted by atomic mass is 10.5. The fourth-order valence-electron chi connectivity index (χ4n) is 1.17. The van der Waals surface area contributed by atoms with Gasteiger partial charge < -0.3 is 14.0 Å². The van der Waals surface area contributed by atoms with Gasteiger partial charge in [-0.3, -0.25) is 0 Å². The number of aryl methyl sites for hydroxylation is 1. The molecule has 0 amide bonds. The van der Waals surface area contributed by atoms with Crippen LogP contribution in [-0.2, 0) is 6.54 Å². The van der Waals surface area contributed by atoms with Crippen LogP contribution in [0, 0.1) is 11.7 Å². The van der Waals surface area contributed by atoms with Gasteiger partial charge in [-0.1, -0.05) is 0 Å². The van der Waals surface area contributed by atoms with Crippen LogP contribution in [0.1, 0.15) is 11.4 Å². The van der Waals surface area contributed by atoms with Gasteiger partial charge in [0.25, 0.3) is 0 Å². The van der Waals surface area contributed by atoms with E-state index in [1.54, 1.807) is 6.26 Å². The maximum atomic E-state index is 5.09. The predicted molar refractivity (Wildman–Crippen MR) is 50.0 cm³/mol. The molecule has 2 heterocycles. The van der Waals surface area contributed by atoms with E-state index in [-0.39, 0.29) is 0 Å². The smallest absolute Gasteiger partial charge is 0.180 e. The zero-order valence-electron chi connectivity index (χ0n) is 7.15. The summed E-state index contributed by atoms with van der Waals surface area (Å²) >= 11 is 5.09. The van der Waals surface area contributed by atoms with Crippen molar-refractivity contribution in [2.24, 2.45) is 0 Å². The van der Waals surface area contributed by atoms with Gasteiger partial charge in [0.05, 0.1) is 12.2 Å². The van der Waals surface area contributed by atoms with Crippen LogP contribution in [-0.4, -0.2) is 14.5 Å². The largest absolute Gasteiger partial charge is 0.451 e. The summed E-state index contributed by atoms with van der Waals surface area (Å²) < 4.78 is 7.49. The van der Waals surface area contributed by atoms with Gasteiger partial charge in [0.15, 0.2) is 11.2 Å². The van der Waals surface area contributed by atoms with E-state index in [1.807, 2.05) is 17.7 Å². The lowest BCUT2D eigenvalue weighted by Gasteiger charge is -1.95. The molecule has 0 aliphatic rings. The number of H-pyrrole nitrogens is 1. The highest BCUT2D eigenvalue weighted by Crippen LogP contribution is 2.02. The fourth-order valence-corrected chi connectivity index (χ4v) is 1.45. The molecule has 0 aromatic carbocycles. The lowest BCUT2D eigenvalue weighted by molar-refractivity contribution is 0.555. The molecule has 2 aromatic rings. The van der Waals surface area contributed by atoms with Crippen molar-refractivity contribution < 1.29 is 4.42 Å². The number of imidazole rings is 1. The first-order valence-corrected chi connectivity index (χ1v) is 4.29. The van der Waals surface area contributed by atoms with Gasteiger partial charge in [0, 0.05) is 11.9 Å². The van der Waals surface area contributed by atoms with Crippen LogP contribution in [0.3, 0.4) is 0 Å². The molecular formula is C8H9N3OS. The van der Waals surface area contributed by atoms with Gasteiger partial charge in [-0.05, 0) is 19.1 Å². The Kier molecular flexibility index (Phi) is 2.02. The van der Waals surface area contributed by atoms with Crippen molar-refractivity contribution >= 4 is 12.2 Å². The Morgan fingerprint density at radius 2 is 2.54 bits per heavy atom. The van der Waals surface area contributed by atoms with Gasteiger partial charge in [-0.15, -0.1) is 0 Å². The van der Waals surface area contributed by atoms with Crippen LogP contribution in [0.5, 0.6) is 0 Å².